The van der Waals surface area contributed by atoms with E-state index in [4.69, 9.17) is 4.74 Å². The second kappa shape index (κ2) is 7.21. The maximum atomic E-state index is 12.2. The molecule has 7 nitrogen and oxygen atoms in total. The van der Waals surface area contributed by atoms with Gasteiger partial charge in [0.1, 0.15) is 5.75 Å². The Balaban J connectivity index is 2.02. The Morgan fingerprint density at radius 1 is 1.33 bits per heavy atom. The van der Waals surface area contributed by atoms with Crippen molar-refractivity contribution < 1.29 is 27.5 Å². The first-order chi connectivity index (χ1) is 11.2. The minimum absolute atomic E-state index is 0.0394. The fourth-order valence-corrected chi connectivity index (χ4v) is 4.12. The quantitative estimate of drug-likeness (QED) is 0.786. The molecule has 8 heteroatoms. The van der Waals surface area contributed by atoms with Crippen LogP contribution in [0, 0.1) is 6.92 Å². The van der Waals surface area contributed by atoms with E-state index in [-0.39, 0.29) is 23.5 Å². The first-order valence-corrected chi connectivity index (χ1v) is 9.40. The molecule has 0 saturated carbocycles. The van der Waals surface area contributed by atoms with Crippen LogP contribution in [0.3, 0.4) is 0 Å². The van der Waals surface area contributed by atoms with Crippen molar-refractivity contribution in [2.24, 2.45) is 0 Å². The first kappa shape index (κ1) is 18.3. The van der Waals surface area contributed by atoms with E-state index in [1.807, 2.05) is 0 Å². The van der Waals surface area contributed by atoms with Crippen LogP contribution in [0.15, 0.2) is 18.2 Å². The number of carbonyl (C=O) groups is 2. The molecule has 0 bridgehead atoms. The van der Waals surface area contributed by atoms with Crippen molar-refractivity contribution in [1.82, 2.24) is 5.32 Å². The molecule has 2 atom stereocenters. The van der Waals surface area contributed by atoms with Gasteiger partial charge in [-0.1, -0.05) is 6.07 Å². The van der Waals surface area contributed by atoms with E-state index in [0.29, 0.717) is 17.7 Å². The minimum Gasteiger partial charge on any atom is -0.481 e. The second-order valence-electron chi connectivity index (χ2n) is 5.84. The summed E-state index contributed by atoms with van der Waals surface area (Å²) in [7, 11) is -1.77. The van der Waals surface area contributed by atoms with Gasteiger partial charge in [-0.15, -0.1) is 0 Å². The van der Waals surface area contributed by atoms with Crippen molar-refractivity contribution >= 4 is 21.7 Å². The summed E-state index contributed by atoms with van der Waals surface area (Å²) in [5.74, 6) is -0.428. The van der Waals surface area contributed by atoms with Gasteiger partial charge >= 0.3 is 5.97 Å². The highest BCUT2D eigenvalue weighted by Gasteiger charge is 2.30. The Kier molecular flexibility index (Phi) is 5.48. The highest BCUT2D eigenvalue weighted by Crippen LogP contribution is 2.21. The Hall–Kier alpha value is -2.09. The van der Waals surface area contributed by atoms with Gasteiger partial charge in [-0.05, 0) is 38.0 Å². The number of ether oxygens (including phenoxy) is 2. The lowest BCUT2D eigenvalue weighted by molar-refractivity contribution is -0.127. The number of amides is 1. The van der Waals surface area contributed by atoms with Crippen molar-refractivity contribution in [2.45, 2.75) is 32.4 Å². The summed E-state index contributed by atoms with van der Waals surface area (Å²) in [5.41, 5.74) is 1.10. The Bertz CT molecular complexity index is 743. The molecule has 1 saturated heterocycles. The number of esters is 1. The van der Waals surface area contributed by atoms with Gasteiger partial charge < -0.3 is 14.8 Å². The molecule has 1 aliphatic heterocycles. The number of benzene rings is 1. The lowest BCUT2D eigenvalue weighted by atomic mass is 10.1. The standard InChI is InChI=1S/C16H21NO6S/c1-10-4-5-12(16(19)22-3)8-14(10)23-11(2)15(18)17-13-6-7-24(20,21)9-13/h4-5,8,11,13H,6-7,9H2,1-3H3,(H,17,18)/t11-,13-/m1/s1. The summed E-state index contributed by atoms with van der Waals surface area (Å²) in [6.45, 7) is 3.37. The fourth-order valence-electron chi connectivity index (χ4n) is 2.44. The molecule has 1 heterocycles. The van der Waals surface area contributed by atoms with Gasteiger partial charge in [-0.3, -0.25) is 4.79 Å². The van der Waals surface area contributed by atoms with Crippen LogP contribution in [0.1, 0.15) is 29.3 Å². The van der Waals surface area contributed by atoms with Gasteiger partial charge in [-0.25, -0.2) is 13.2 Å². The number of rotatable bonds is 5. The van der Waals surface area contributed by atoms with E-state index in [9.17, 15) is 18.0 Å². The summed E-state index contributed by atoms with van der Waals surface area (Å²) < 4.78 is 33.2. The van der Waals surface area contributed by atoms with Gasteiger partial charge in [0.2, 0.25) is 0 Å². The second-order valence-corrected chi connectivity index (χ2v) is 8.07. The van der Waals surface area contributed by atoms with E-state index >= 15 is 0 Å². The molecule has 1 aromatic rings. The molecule has 2 rings (SSSR count). The minimum atomic E-state index is -3.06. The number of carbonyl (C=O) groups excluding carboxylic acids is 2. The third-order valence-electron chi connectivity index (χ3n) is 3.86. The molecular weight excluding hydrogens is 334 g/mol. The summed E-state index contributed by atoms with van der Waals surface area (Å²) in [5, 5.41) is 2.69. The van der Waals surface area contributed by atoms with E-state index in [1.54, 1.807) is 26.0 Å². The topological polar surface area (TPSA) is 98.8 Å². The van der Waals surface area contributed by atoms with Gasteiger partial charge in [0.25, 0.3) is 5.91 Å². The molecule has 1 aromatic carbocycles. The summed E-state index contributed by atoms with van der Waals surface area (Å²) in [6, 6.07) is 4.46. The largest absolute Gasteiger partial charge is 0.481 e. The highest BCUT2D eigenvalue weighted by molar-refractivity contribution is 7.91. The Labute approximate surface area is 141 Å². The molecule has 1 amide bonds. The number of nitrogens with one attached hydrogen (secondary N) is 1. The number of sulfone groups is 1. The zero-order chi connectivity index (χ0) is 17.9. The molecule has 24 heavy (non-hydrogen) atoms. The number of hydrogen-bond acceptors (Lipinski definition) is 6. The first-order valence-electron chi connectivity index (χ1n) is 7.58. The summed E-state index contributed by atoms with van der Waals surface area (Å²) in [6.07, 6.45) is -0.405. The predicted octanol–water partition coefficient (Wildman–Crippen LogP) is 0.852. The molecule has 1 aliphatic rings. The average molecular weight is 355 g/mol. The van der Waals surface area contributed by atoms with Crippen LogP contribution in [-0.2, 0) is 19.4 Å². The van der Waals surface area contributed by atoms with Crippen molar-refractivity contribution in [2.75, 3.05) is 18.6 Å². The number of aryl methyl sites for hydroxylation is 1. The van der Waals surface area contributed by atoms with Crippen LogP contribution >= 0.6 is 0 Å². The smallest absolute Gasteiger partial charge is 0.337 e. The third kappa shape index (κ3) is 4.47. The molecule has 0 spiro atoms. The summed E-state index contributed by atoms with van der Waals surface area (Å²) >= 11 is 0. The lowest BCUT2D eigenvalue weighted by Gasteiger charge is -2.19. The predicted molar refractivity (Wildman–Crippen MR) is 87.8 cm³/mol. The van der Waals surface area contributed by atoms with Crippen LogP contribution < -0.4 is 10.1 Å². The van der Waals surface area contributed by atoms with Crippen LogP contribution in [0.25, 0.3) is 0 Å². The van der Waals surface area contributed by atoms with E-state index in [1.165, 1.54) is 13.2 Å². The van der Waals surface area contributed by atoms with E-state index < -0.39 is 21.9 Å². The zero-order valence-corrected chi connectivity index (χ0v) is 14.7. The third-order valence-corrected chi connectivity index (χ3v) is 5.63. The molecule has 132 valence electrons. The SMILES string of the molecule is COC(=O)c1ccc(C)c(O[C@H](C)C(=O)N[C@@H]2CCS(=O)(=O)C2)c1. The Morgan fingerprint density at radius 2 is 2.04 bits per heavy atom. The molecular formula is C16H21NO6S. The van der Waals surface area contributed by atoms with Gasteiger partial charge in [0.15, 0.2) is 15.9 Å². The van der Waals surface area contributed by atoms with Crippen molar-refractivity contribution in [3.05, 3.63) is 29.3 Å². The molecule has 0 radical (unpaired) electrons. The molecule has 1 N–H and O–H groups in total. The van der Waals surface area contributed by atoms with Crippen LogP contribution in [0.5, 0.6) is 5.75 Å². The van der Waals surface area contributed by atoms with Gasteiger partial charge in [0, 0.05) is 6.04 Å². The monoisotopic (exact) mass is 355 g/mol. The maximum absolute atomic E-state index is 12.2. The highest BCUT2D eigenvalue weighted by atomic mass is 32.2. The number of methoxy groups -OCH3 is 1. The van der Waals surface area contributed by atoms with Crippen LogP contribution in [0.2, 0.25) is 0 Å². The van der Waals surface area contributed by atoms with Crippen molar-refractivity contribution in [3.63, 3.8) is 0 Å². The van der Waals surface area contributed by atoms with Gasteiger partial charge in [-0.2, -0.15) is 0 Å². The van der Waals surface area contributed by atoms with E-state index in [2.05, 4.69) is 10.1 Å². The Morgan fingerprint density at radius 3 is 2.62 bits per heavy atom. The lowest BCUT2D eigenvalue weighted by Crippen LogP contribution is -2.43. The zero-order valence-electron chi connectivity index (χ0n) is 13.9. The average Bonchev–Trinajstić information content (AvgIpc) is 2.87. The van der Waals surface area contributed by atoms with Crippen molar-refractivity contribution in [1.29, 1.82) is 0 Å². The number of hydrogen-bond donors (Lipinski definition) is 1. The molecule has 0 unspecified atom stereocenters. The molecule has 0 aromatic heterocycles. The van der Waals surface area contributed by atoms with E-state index in [0.717, 1.165) is 5.56 Å². The normalized spacial score (nSPS) is 20.2. The van der Waals surface area contributed by atoms with Crippen LogP contribution in [-0.4, -0.2) is 51.1 Å². The maximum Gasteiger partial charge on any atom is 0.337 e. The van der Waals surface area contributed by atoms with Gasteiger partial charge in [0.05, 0.1) is 24.2 Å². The van der Waals surface area contributed by atoms with Crippen molar-refractivity contribution in [3.8, 4) is 5.75 Å². The fraction of sp³-hybridized carbons (Fsp3) is 0.500. The summed E-state index contributed by atoms with van der Waals surface area (Å²) in [4.78, 5) is 23.8. The molecule has 1 fully saturated rings. The molecule has 0 aliphatic carbocycles. The van der Waals surface area contributed by atoms with Crippen LogP contribution in [0.4, 0.5) is 0 Å².